The number of anilines is 2. The zero-order valence-corrected chi connectivity index (χ0v) is 19.1. The number of carbonyl (C=O) groups is 1. The van der Waals surface area contributed by atoms with Gasteiger partial charge in [0, 0.05) is 41.5 Å². The molecule has 14 heteroatoms. The number of rotatable bonds is 7. The molecule has 0 saturated carbocycles. The Hall–Kier alpha value is -5.19. The number of benzene rings is 1. The van der Waals surface area contributed by atoms with Gasteiger partial charge in [-0.2, -0.15) is 28.5 Å². The van der Waals surface area contributed by atoms with Crippen LogP contribution in [0.2, 0.25) is 0 Å². The first-order valence-corrected chi connectivity index (χ1v) is 10.3. The van der Waals surface area contributed by atoms with Crippen molar-refractivity contribution in [3.8, 4) is 34.6 Å². The number of aromatic nitrogens is 5. The van der Waals surface area contributed by atoms with E-state index in [4.69, 9.17) is 9.47 Å². The van der Waals surface area contributed by atoms with E-state index >= 15 is 0 Å². The lowest BCUT2D eigenvalue weighted by atomic mass is 10.1. The summed E-state index contributed by atoms with van der Waals surface area (Å²) in [5.41, 5.74) is -0.432. The summed E-state index contributed by atoms with van der Waals surface area (Å²) in [7, 11) is 2.68. The Labute approximate surface area is 206 Å². The zero-order valence-electron chi connectivity index (χ0n) is 19.1. The van der Waals surface area contributed by atoms with Crippen LogP contribution in [0.1, 0.15) is 21.6 Å². The minimum atomic E-state index is -4.70. The second-order valence-electron chi connectivity index (χ2n) is 7.35. The minimum absolute atomic E-state index is 0.0418. The number of halogens is 3. The first-order chi connectivity index (χ1) is 17.6. The molecule has 0 unspecified atom stereocenters. The van der Waals surface area contributed by atoms with E-state index in [0.29, 0.717) is 11.4 Å². The van der Waals surface area contributed by atoms with Gasteiger partial charge >= 0.3 is 12.1 Å². The van der Waals surface area contributed by atoms with E-state index in [0.717, 1.165) is 16.9 Å². The summed E-state index contributed by atoms with van der Waals surface area (Å²) in [4.78, 5) is 24.2. The predicted molar refractivity (Wildman–Crippen MR) is 122 cm³/mol. The van der Waals surface area contributed by atoms with E-state index in [1.807, 2.05) is 6.07 Å². The Kier molecular flexibility index (Phi) is 6.61. The topological polar surface area (TPSA) is 148 Å². The van der Waals surface area contributed by atoms with Gasteiger partial charge in [0.15, 0.2) is 11.5 Å². The SMILES string of the molecule is COc1cc(C#N)cc(Nc2ncc(-c3cnc(OC)c(C(=O)O)c3)c(-n3ccc(C(F)(F)F)n3)n2)c1. The van der Waals surface area contributed by atoms with Gasteiger partial charge in [-0.15, -0.1) is 0 Å². The summed E-state index contributed by atoms with van der Waals surface area (Å²) in [6.07, 6.45) is -1.09. The number of nitrogens with one attached hydrogen (secondary N) is 1. The lowest BCUT2D eigenvalue weighted by molar-refractivity contribution is -0.141. The van der Waals surface area contributed by atoms with Crippen molar-refractivity contribution in [3.63, 3.8) is 0 Å². The Bertz CT molecular complexity index is 1530. The van der Waals surface area contributed by atoms with Crippen LogP contribution in [0.25, 0.3) is 16.9 Å². The molecule has 0 aliphatic rings. The predicted octanol–water partition coefficient (Wildman–Crippen LogP) is 4.07. The van der Waals surface area contributed by atoms with E-state index in [2.05, 4.69) is 25.4 Å². The number of hydrogen-bond donors (Lipinski definition) is 2. The van der Waals surface area contributed by atoms with E-state index in [1.165, 1.54) is 44.8 Å². The third-order valence-electron chi connectivity index (χ3n) is 4.98. The number of carboxylic acids is 1. The van der Waals surface area contributed by atoms with Crippen molar-refractivity contribution in [3.05, 3.63) is 65.7 Å². The van der Waals surface area contributed by atoms with Crippen LogP contribution in [0.5, 0.6) is 11.6 Å². The molecule has 4 rings (SSSR count). The fraction of sp³-hybridized carbons (Fsp3) is 0.130. The summed E-state index contributed by atoms with van der Waals surface area (Å²) >= 11 is 0. The molecule has 4 aromatic rings. The highest BCUT2D eigenvalue weighted by atomic mass is 19.4. The summed E-state index contributed by atoms with van der Waals surface area (Å²) in [5, 5.41) is 25.2. The molecule has 2 N–H and O–H groups in total. The third kappa shape index (κ3) is 5.25. The highest BCUT2D eigenvalue weighted by Crippen LogP contribution is 2.32. The van der Waals surface area contributed by atoms with E-state index in [9.17, 15) is 28.3 Å². The average molecular weight is 511 g/mol. The summed E-state index contributed by atoms with van der Waals surface area (Å²) in [6, 6.07) is 8.58. The summed E-state index contributed by atoms with van der Waals surface area (Å²) < 4.78 is 50.7. The number of nitrogens with zero attached hydrogens (tertiary/aromatic N) is 6. The van der Waals surface area contributed by atoms with Gasteiger partial charge in [0.05, 0.1) is 25.9 Å². The number of carboxylic acid groups (broad SMARTS) is 1. The normalized spacial score (nSPS) is 11.0. The molecule has 0 fully saturated rings. The van der Waals surface area contributed by atoms with Crippen LogP contribution in [-0.2, 0) is 6.18 Å². The van der Waals surface area contributed by atoms with Crippen molar-refractivity contribution in [2.75, 3.05) is 19.5 Å². The van der Waals surface area contributed by atoms with Crippen molar-refractivity contribution < 1.29 is 32.5 Å². The summed E-state index contributed by atoms with van der Waals surface area (Å²) in [6.45, 7) is 0. The molecule has 0 spiro atoms. The Morgan fingerprint density at radius 3 is 2.54 bits per heavy atom. The lowest BCUT2D eigenvalue weighted by Gasteiger charge is -2.13. The first kappa shape index (κ1) is 24.9. The molecule has 0 radical (unpaired) electrons. The molecule has 0 atom stereocenters. The molecule has 188 valence electrons. The second-order valence-corrected chi connectivity index (χ2v) is 7.35. The smallest absolute Gasteiger partial charge is 0.435 e. The highest BCUT2D eigenvalue weighted by molar-refractivity contribution is 5.92. The maximum Gasteiger partial charge on any atom is 0.435 e. The number of methoxy groups -OCH3 is 2. The van der Waals surface area contributed by atoms with Gasteiger partial charge in [-0.1, -0.05) is 0 Å². The average Bonchev–Trinajstić information content (AvgIpc) is 3.39. The third-order valence-corrected chi connectivity index (χ3v) is 4.98. The quantitative estimate of drug-likeness (QED) is 0.372. The zero-order chi connectivity index (χ0) is 26.7. The van der Waals surface area contributed by atoms with Gasteiger partial charge in [-0.25, -0.2) is 19.4 Å². The molecule has 1 aromatic carbocycles. The largest absolute Gasteiger partial charge is 0.497 e. The fourth-order valence-corrected chi connectivity index (χ4v) is 3.30. The highest BCUT2D eigenvalue weighted by Gasteiger charge is 2.34. The van der Waals surface area contributed by atoms with Crippen LogP contribution in [-0.4, -0.2) is 50.0 Å². The van der Waals surface area contributed by atoms with Crippen molar-refractivity contribution in [1.82, 2.24) is 24.7 Å². The molecule has 37 heavy (non-hydrogen) atoms. The Morgan fingerprint density at radius 2 is 1.92 bits per heavy atom. The number of hydrogen-bond acceptors (Lipinski definition) is 9. The van der Waals surface area contributed by atoms with Crippen LogP contribution in [0.3, 0.4) is 0 Å². The maximum absolute atomic E-state index is 13.2. The number of ether oxygens (including phenoxy) is 2. The molecule has 11 nitrogen and oxygen atoms in total. The molecule has 0 bridgehead atoms. The number of aromatic carboxylic acids is 1. The molecule has 0 amide bonds. The van der Waals surface area contributed by atoms with E-state index in [1.54, 1.807) is 6.07 Å². The Balaban J connectivity index is 1.85. The standard InChI is InChI=1S/C23H16F3N7O4/c1-36-15-6-12(9-27)5-14(8-15)30-22-29-11-17(13-7-16(21(34)35)20(37-2)28-10-13)19(31-22)33-4-3-18(32-33)23(24,25)26/h3-8,10-11H,1-2H3,(H,34,35)(H,29,30,31). The van der Waals surface area contributed by atoms with Crippen LogP contribution in [0, 0.1) is 11.3 Å². The molecule has 0 saturated heterocycles. The van der Waals surface area contributed by atoms with Gasteiger partial charge in [0.25, 0.3) is 0 Å². The van der Waals surface area contributed by atoms with Gasteiger partial charge < -0.3 is 19.9 Å². The van der Waals surface area contributed by atoms with Crippen molar-refractivity contribution >= 4 is 17.6 Å². The van der Waals surface area contributed by atoms with Crippen LogP contribution >= 0.6 is 0 Å². The fourth-order valence-electron chi connectivity index (χ4n) is 3.30. The van der Waals surface area contributed by atoms with E-state index in [-0.39, 0.29) is 39.9 Å². The maximum atomic E-state index is 13.2. The van der Waals surface area contributed by atoms with Gasteiger partial charge in [-0.05, 0) is 24.3 Å². The second kappa shape index (κ2) is 9.82. The van der Waals surface area contributed by atoms with E-state index < -0.39 is 17.8 Å². The number of pyridine rings is 1. The van der Waals surface area contributed by atoms with Crippen LogP contribution < -0.4 is 14.8 Å². The van der Waals surface area contributed by atoms with Gasteiger partial charge in [0.1, 0.15) is 11.3 Å². The van der Waals surface area contributed by atoms with Crippen LogP contribution in [0.15, 0.2) is 48.9 Å². The molecule has 0 aliphatic heterocycles. The van der Waals surface area contributed by atoms with Crippen molar-refractivity contribution in [1.29, 1.82) is 5.26 Å². The molecular weight excluding hydrogens is 495 g/mol. The Morgan fingerprint density at radius 1 is 1.14 bits per heavy atom. The van der Waals surface area contributed by atoms with Crippen molar-refractivity contribution in [2.45, 2.75) is 6.18 Å². The number of nitriles is 1. The molecule has 3 heterocycles. The first-order valence-electron chi connectivity index (χ1n) is 10.3. The van der Waals surface area contributed by atoms with Crippen LogP contribution in [0.4, 0.5) is 24.8 Å². The minimum Gasteiger partial charge on any atom is -0.497 e. The lowest BCUT2D eigenvalue weighted by Crippen LogP contribution is -2.10. The van der Waals surface area contributed by atoms with Crippen molar-refractivity contribution in [2.24, 2.45) is 0 Å². The monoisotopic (exact) mass is 511 g/mol. The van der Waals surface area contributed by atoms with Gasteiger partial charge in [0.2, 0.25) is 11.8 Å². The number of alkyl halides is 3. The molecule has 3 aromatic heterocycles. The summed E-state index contributed by atoms with van der Waals surface area (Å²) in [5.74, 6) is -1.23. The molecular formula is C23H16F3N7O4. The van der Waals surface area contributed by atoms with Gasteiger partial charge in [-0.3, -0.25) is 0 Å². The molecule has 0 aliphatic carbocycles.